The number of esters is 1. The first-order valence-corrected chi connectivity index (χ1v) is 8.08. The minimum absolute atomic E-state index is 0.181. The molecular formula is C19H16ClNO5. The van der Waals surface area contributed by atoms with Crippen LogP contribution in [0.4, 0.5) is 5.69 Å². The number of hydrogen-bond acceptors (Lipinski definition) is 5. The van der Waals surface area contributed by atoms with E-state index in [1.807, 2.05) is 0 Å². The van der Waals surface area contributed by atoms with Crippen molar-refractivity contribution in [3.63, 3.8) is 0 Å². The summed E-state index contributed by atoms with van der Waals surface area (Å²) in [5, 5.41) is 0.355. The first-order valence-electron chi connectivity index (χ1n) is 7.70. The second-order valence-electron chi connectivity index (χ2n) is 5.48. The van der Waals surface area contributed by atoms with Gasteiger partial charge < -0.3 is 13.9 Å². The van der Waals surface area contributed by atoms with Gasteiger partial charge >= 0.3 is 5.97 Å². The lowest BCUT2D eigenvalue weighted by Gasteiger charge is -2.18. The lowest BCUT2D eigenvalue weighted by molar-refractivity contribution is -0.136. The van der Waals surface area contributed by atoms with Crippen molar-refractivity contribution in [3.05, 3.63) is 64.2 Å². The summed E-state index contributed by atoms with van der Waals surface area (Å²) in [4.78, 5) is 26.7. The van der Waals surface area contributed by atoms with Gasteiger partial charge in [0.25, 0.3) is 5.91 Å². The Morgan fingerprint density at radius 3 is 2.62 bits per heavy atom. The van der Waals surface area contributed by atoms with E-state index in [1.54, 1.807) is 37.3 Å². The maximum absolute atomic E-state index is 13.0. The fourth-order valence-electron chi connectivity index (χ4n) is 2.80. The molecule has 0 fully saturated rings. The van der Waals surface area contributed by atoms with E-state index in [0.717, 1.165) is 0 Å². The highest BCUT2D eigenvalue weighted by Gasteiger charge is 2.38. The van der Waals surface area contributed by atoms with Crippen molar-refractivity contribution in [3.8, 4) is 5.75 Å². The molecule has 1 amide bonds. The van der Waals surface area contributed by atoms with Crippen LogP contribution in [-0.2, 0) is 14.3 Å². The average molecular weight is 374 g/mol. The third-order valence-electron chi connectivity index (χ3n) is 4.01. The number of furan rings is 1. The van der Waals surface area contributed by atoms with Gasteiger partial charge in [-0.3, -0.25) is 9.69 Å². The molecule has 2 heterocycles. The molecule has 0 saturated heterocycles. The van der Waals surface area contributed by atoms with Crippen LogP contribution in [-0.4, -0.2) is 26.1 Å². The van der Waals surface area contributed by atoms with Crippen LogP contribution in [0.15, 0.2) is 57.9 Å². The maximum atomic E-state index is 13.0. The van der Waals surface area contributed by atoms with Crippen molar-refractivity contribution < 1.29 is 23.5 Å². The van der Waals surface area contributed by atoms with Crippen molar-refractivity contribution >= 4 is 35.2 Å². The van der Waals surface area contributed by atoms with Crippen LogP contribution in [0, 0.1) is 0 Å². The molecule has 0 atom stereocenters. The van der Waals surface area contributed by atoms with Crippen LogP contribution in [0.5, 0.6) is 5.75 Å². The van der Waals surface area contributed by atoms with Gasteiger partial charge in [0.05, 0.1) is 42.3 Å². The van der Waals surface area contributed by atoms with Gasteiger partial charge in [0.1, 0.15) is 11.5 Å². The van der Waals surface area contributed by atoms with E-state index in [1.165, 1.54) is 31.5 Å². The minimum Gasteiger partial charge on any atom is -0.495 e. The molecule has 1 aliphatic rings. The molecule has 3 rings (SSSR count). The highest BCUT2D eigenvalue weighted by molar-refractivity contribution is 6.32. The van der Waals surface area contributed by atoms with Gasteiger partial charge in [-0.15, -0.1) is 0 Å². The number of benzene rings is 1. The zero-order chi connectivity index (χ0) is 18.8. The van der Waals surface area contributed by atoms with E-state index in [0.29, 0.717) is 27.9 Å². The average Bonchev–Trinajstić information content (AvgIpc) is 3.22. The summed E-state index contributed by atoms with van der Waals surface area (Å²) in [6.07, 6.45) is 3.00. The zero-order valence-corrected chi connectivity index (χ0v) is 15.2. The molecule has 0 aliphatic carbocycles. The van der Waals surface area contributed by atoms with Crippen LogP contribution < -0.4 is 9.64 Å². The van der Waals surface area contributed by atoms with E-state index >= 15 is 0 Å². The maximum Gasteiger partial charge on any atom is 0.340 e. The first kappa shape index (κ1) is 17.8. The molecule has 0 saturated carbocycles. The lowest BCUT2D eigenvalue weighted by Crippen LogP contribution is -2.24. The molecule has 1 aromatic carbocycles. The number of carbonyl (C=O) groups excluding carboxylic acids is 2. The number of nitrogens with zero attached hydrogens (tertiary/aromatic N) is 1. The van der Waals surface area contributed by atoms with Crippen molar-refractivity contribution in [2.45, 2.75) is 6.92 Å². The number of ether oxygens (including phenoxy) is 2. The van der Waals surface area contributed by atoms with Crippen LogP contribution in [0.2, 0.25) is 5.02 Å². The number of methoxy groups -OCH3 is 2. The highest BCUT2D eigenvalue weighted by atomic mass is 35.5. The number of hydrogen-bond donors (Lipinski definition) is 0. The molecule has 0 unspecified atom stereocenters. The SMILES string of the molecule is COC(=O)C1=C(C)N(c2ccc(OC)c(Cl)c2)C(=O)C1=Cc1ccco1. The Morgan fingerprint density at radius 1 is 1.27 bits per heavy atom. The molecule has 0 spiro atoms. The number of halogens is 1. The molecule has 0 N–H and O–H groups in total. The largest absolute Gasteiger partial charge is 0.495 e. The summed E-state index contributed by atoms with van der Waals surface area (Å²) in [6.45, 7) is 1.67. The Balaban J connectivity index is 2.12. The third-order valence-corrected chi connectivity index (χ3v) is 4.31. The topological polar surface area (TPSA) is 69.0 Å². The van der Waals surface area contributed by atoms with E-state index < -0.39 is 5.97 Å². The summed E-state index contributed by atoms with van der Waals surface area (Å²) in [5.41, 5.74) is 1.33. The molecule has 6 nitrogen and oxygen atoms in total. The number of allylic oxidation sites excluding steroid dienone is 1. The molecule has 0 radical (unpaired) electrons. The van der Waals surface area contributed by atoms with Gasteiger partial charge in [-0.25, -0.2) is 4.79 Å². The smallest absolute Gasteiger partial charge is 0.340 e. The molecule has 1 aromatic heterocycles. The second-order valence-corrected chi connectivity index (χ2v) is 5.89. The number of rotatable bonds is 4. The Hall–Kier alpha value is -2.99. The Kier molecular flexibility index (Phi) is 4.86. The van der Waals surface area contributed by atoms with E-state index in [9.17, 15) is 9.59 Å². The van der Waals surface area contributed by atoms with Gasteiger partial charge in [-0.1, -0.05) is 11.6 Å². The molecular weight excluding hydrogens is 358 g/mol. The summed E-state index contributed by atoms with van der Waals surface area (Å²) >= 11 is 6.18. The summed E-state index contributed by atoms with van der Waals surface area (Å²) in [5.74, 6) is -0.0308. The van der Waals surface area contributed by atoms with Gasteiger partial charge in [0.2, 0.25) is 0 Å². The van der Waals surface area contributed by atoms with Crippen molar-refractivity contribution in [1.29, 1.82) is 0 Å². The molecule has 134 valence electrons. The predicted molar refractivity (Wildman–Crippen MR) is 96.9 cm³/mol. The molecule has 7 heteroatoms. The van der Waals surface area contributed by atoms with E-state index in [-0.39, 0.29) is 17.1 Å². The van der Waals surface area contributed by atoms with Crippen molar-refractivity contribution in [1.82, 2.24) is 0 Å². The third kappa shape index (κ3) is 2.99. The van der Waals surface area contributed by atoms with Gasteiger partial charge in [-0.05, 0) is 43.3 Å². The Morgan fingerprint density at radius 2 is 2.04 bits per heavy atom. The normalized spacial score (nSPS) is 15.8. The molecule has 26 heavy (non-hydrogen) atoms. The predicted octanol–water partition coefficient (Wildman–Crippen LogP) is 3.82. The summed E-state index contributed by atoms with van der Waals surface area (Å²) in [6, 6.07) is 8.34. The number of anilines is 1. The van der Waals surface area contributed by atoms with Crippen LogP contribution >= 0.6 is 11.6 Å². The van der Waals surface area contributed by atoms with E-state index in [2.05, 4.69) is 0 Å². The summed E-state index contributed by atoms with van der Waals surface area (Å²) < 4.78 is 15.3. The number of amides is 1. The summed E-state index contributed by atoms with van der Waals surface area (Å²) in [7, 11) is 2.77. The first-order chi connectivity index (χ1) is 12.5. The fourth-order valence-corrected chi connectivity index (χ4v) is 3.05. The quantitative estimate of drug-likeness (QED) is 0.602. The van der Waals surface area contributed by atoms with E-state index in [4.69, 9.17) is 25.5 Å². The van der Waals surface area contributed by atoms with Crippen LogP contribution in [0.3, 0.4) is 0 Å². The monoisotopic (exact) mass is 373 g/mol. The van der Waals surface area contributed by atoms with Gasteiger partial charge in [0.15, 0.2) is 0 Å². The minimum atomic E-state index is -0.601. The number of carbonyl (C=O) groups is 2. The standard InChI is InChI=1S/C19H16ClNO5/c1-11-17(19(23)25-3)14(10-13-5-4-8-26-13)18(22)21(11)12-6-7-16(24-2)15(20)9-12/h4-10H,1-3H3. The fraction of sp³-hybridized carbons (Fsp3) is 0.158. The van der Waals surface area contributed by atoms with Crippen molar-refractivity contribution in [2.75, 3.05) is 19.1 Å². The van der Waals surface area contributed by atoms with Crippen LogP contribution in [0.25, 0.3) is 6.08 Å². The Bertz CT molecular complexity index is 927. The zero-order valence-electron chi connectivity index (χ0n) is 14.4. The second kappa shape index (κ2) is 7.09. The van der Waals surface area contributed by atoms with Gasteiger partial charge in [-0.2, -0.15) is 0 Å². The molecule has 1 aliphatic heterocycles. The van der Waals surface area contributed by atoms with Crippen LogP contribution in [0.1, 0.15) is 12.7 Å². The highest BCUT2D eigenvalue weighted by Crippen LogP contribution is 2.38. The lowest BCUT2D eigenvalue weighted by atomic mass is 10.1. The van der Waals surface area contributed by atoms with Crippen molar-refractivity contribution in [2.24, 2.45) is 0 Å². The molecule has 2 aromatic rings. The molecule has 0 bridgehead atoms. The van der Waals surface area contributed by atoms with Gasteiger partial charge in [0, 0.05) is 5.70 Å². The Labute approximate surface area is 155 Å².